The third kappa shape index (κ3) is 12.4. The number of hydrogen-bond donors (Lipinski definition) is 1. The van der Waals surface area contributed by atoms with E-state index in [4.69, 9.17) is 5.11 Å². The van der Waals surface area contributed by atoms with Crippen LogP contribution in [-0.2, 0) is 4.79 Å². The summed E-state index contributed by atoms with van der Waals surface area (Å²) in [6.45, 7) is 4.36. The first-order valence-corrected chi connectivity index (χ1v) is 7.14. The van der Waals surface area contributed by atoms with Gasteiger partial charge in [-0.2, -0.15) is 0 Å². The summed E-state index contributed by atoms with van der Waals surface area (Å²) < 4.78 is 0. The van der Waals surface area contributed by atoms with Gasteiger partial charge in [0.25, 0.3) is 0 Å². The Hall–Kier alpha value is -0.0238. The summed E-state index contributed by atoms with van der Waals surface area (Å²) >= 11 is 0. The molecule has 0 aliphatic heterocycles. The lowest BCUT2D eigenvalue weighted by atomic mass is 10.0. The molecular weight excluding hydrogens is 236 g/mol. The molecule has 0 rings (SSSR count). The third-order valence-corrected chi connectivity index (χ3v) is 3.02. The second-order valence-electron chi connectivity index (χ2n) is 4.69. The van der Waals surface area contributed by atoms with Gasteiger partial charge >= 0.3 is 29.0 Å². The van der Waals surface area contributed by atoms with Crippen LogP contribution in [0.2, 0.25) is 0 Å². The van der Waals surface area contributed by atoms with Gasteiger partial charge < -0.3 is 5.11 Å². The number of rotatable bonds is 11. The molecule has 0 aromatic carbocycles. The van der Waals surface area contributed by atoms with Crippen molar-refractivity contribution in [3.8, 4) is 0 Å². The van der Waals surface area contributed by atoms with Crippen LogP contribution in [0, 0.1) is 0 Å². The van der Waals surface area contributed by atoms with Crippen molar-refractivity contribution >= 4 is 29.0 Å². The first-order valence-electron chi connectivity index (χ1n) is 7.14. The van der Waals surface area contributed by atoms with Crippen molar-refractivity contribution in [3.05, 3.63) is 11.6 Å². The molecule has 0 saturated carbocycles. The van der Waals surface area contributed by atoms with E-state index >= 15 is 0 Å². The lowest BCUT2D eigenvalue weighted by Gasteiger charge is -2.02. The molecule has 104 valence electrons. The largest absolute Gasteiger partial charge is 0.478 e. The average Bonchev–Trinajstić information content (AvgIpc) is 2.31. The van der Waals surface area contributed by atoms with Gasteiger partial charge in [0.2, 0.25) is 0 Å². The van der Waals surface area contributed by atoms with Crippen molar-refractivity contribution in [2.45, 2.75) is 78.1 Å². The maximum atomic E-state index is 11.0. The molecule has 0 amide bonds. The molecule has 0 bridgehead atoms. The Bertz CT molecular complexity index is 225. The minimum absolute atomic E-state index is 0. The van der Waals surface area contributed by atoms with Crippen LogP contribution in [-0.4, -0.2) is 34.1 Å². The highest BCUT2D eigenvalue weighted by atomic mass is 24.3. The summed E-state index contributed by atoms with van der Waals surface area (Å²) in [6.07, 6.45) is 13.0. The van der Waals surface area contributed by atoms with Crippen molar-refractivity contribution in [2.75, 3.05) is 0 Å². The van der Waals surface area contributed by atoms with Crippen molar-refractivity contribution < 1.29 is 9.90 Å². The molecular formula is C15H30MgO2. The van der Waals surface area contributed by atoms with E-state index in [0.717, 1.165) is 32.1 Å². The molecule has 0 heterocycles. The first kappa shape index (κ1) is 20.3. The van der Waals surface area contributed by atoms with E-state index in [9.17, 15) is 4.79 Å². The van der Waals surface area contributed by atoms with Gasteiger partial charge in [0.15, 0.2) is 0 Å². The van der Waals surface area contributed by atoms with Crippen LogP contribution in [0.5, 0.6) is 0 Å². The van der Waals surface area contributed by atoms with E-state index in [2.05, 4.69) is 13.8 Å². The van der Waals surface area contributed by atoms with Gasteiger partial charge in [-0.1, -0.05) is 58.4 Å². The van der Waals surface area contributed by atoms with Gasteiger partial charge in [-0.3, -0.25) is 0 Å². The molecule has 0 spiro atoms. The van der Waals surface area contributed by atoms with E-state index in [1.54, 1.807) is 0 Å². The van der Waals surface area contributed by atoms with Gasteiger partial charge in [0.1, 0.15) is 0 Å². The molecule has 0 aromatic rings. The summed E-state index contributed by atoms with van der Waals surface area (Å²) in [5.41, 5.74) is 0.623. The van der Waals surface area contributed by atoms with Crippen LogP contribution in [0.3, 0.4) is 0 Å². The fraction of sp³-hybridized carbons (Fsp3) is 0.800. The number of carboxylic acid groups (broad SMARTS) is 1. The normalized spacial score (nSPS) is 11.1. The third-order valence-electron chi connectivity index (χ3n) is 3.02. The predicted molar refractivity (Wildman–Crippen MR) is 81.8 cm³/mol. The van der Waals surface area contributed by atoms with Crippen molar-refractivity contribution in [1.82, 2.24) is 0 Å². The standard InChI is InChI=1S/C15H28O2.Mg.2H/c1-3-5-7-9-11-13-14(15(16)17)12-10-8-6-4-2;;;/h13H,3-12H2,1-2H3,(H,16,17);;;. The first-order chi connectivity index (χ1) is 8.22. The van der Waals surface area contributed by atoms with E-state index in [-0.39, 0.29) is 23.1 Å². The number of carboxylic acids is 1. The number of unbranched alkanes of at least 4 members (excludes halogenated alkanes) is 7. The molecule has 2 nitrogen and oxygen atoms in total. The smallest absolute Gasteiger partial charge is 0.331 e. The zero-order chi connectivity index (χ0) is 12.9. The molecule has 0 aliphatic carbocycles. The van der Waals surface area contributed by atoms with Crippen LogP contribution in [0.15, 0.2) is 11.6 Å². The van der Waals surface area contributed by atoms with E-state index < -0.39 is 5.97 Å². The average molecular weight is 267 g/mol. The van der Waals surface area contributed by atoms with Crippen molar-refractivity contribution in [3.63, 3.8) is 0 Å². The Morgan fingerprint density at radius 1 is 0.944 bits per heavy atom. The van der Waals surface area contributed by atoms with Gasteiger partial charge in [-0.25, -0.2) is 4.79 Å². The molecule has 0 aliphatic rings. The summed E-state index contributed by atoms with van der Waals surface area (Å²) in [5.74, 6) is -0.725. The highest BCUT2D eigenvalue weighted by Gasteiger charge is 2.05. The van der Waals surface area contributed by atoms with E-state index in [1.807, 2.05) is 6.08 Å². The Labute approximate surface area is 128 Å². The Kier molecular flexibility index (Phi) is 17.0. The quantitative estimate of drug-likeness (QED) is 0.348. The van der Waals surface area contributed by atoms with Crippen molar-refractivity contribution in [2.24, 2.45) is 0 Å². The van der Waals surface area contributed by atoms with Crippen LogP contribution < -0.4 is 0 Å². The monoisotopic (exact) mass is 266 g/mol. The fourth-order valence-electron chi connectivity index (χ4n) is 1.89. The summed E-state index contributed by atoms with van der Waals surface area (Å²) in [7, 11) is 0. The maximum absolute atomic E-state index is 11.0. The zero-order valence-electron chi connectivity index (χ0n) is 11.5. The Balaban J connectivity index is 0. The molecule has 0 saturated heterocycles. The SMILES string of the molecule is CCCCCCC=C(CCCCCC)C(=O)O.[MgH2]. The molecule has 3 heteroatoms. The second-order valence-corrected chi connectivity index (χ2v) is 4.69. The molecule has 1 N–H and O–H groups in total. The highest BCUT2D eigenvalue weighted by Crippen LogP contribution is 2.13. The maximum Gasteiger partial charge on any atom is 0.331 e. The topological polar surface area (TPSA) is 37.3 Å². The molecule has 18 heavy (non-hydrogen) atoms. The van der Waals surface area contributed by atoms with Gasteiger partial charge in [0.05, 0.1) is 0 Å². The second kappa shape index (κ2) is 15.0. The molecule has 0 unspecified atom stereocenters. The molecule has 0 atom stereocenters. The molecule has 0 radical (unpaired) electrons. The Morgan fingerprint density at radius 2 is 1.50 bits per heavy atom. The van der Waals surface area contributed by atoms with Gasteiger partial charge in [-0.15, -0.1) is 0 Å². The van der Waals surface area contributed by atoms with Gasteiger partial charge in [0, 0.05) is 5.57 Å². The lowest BCUT2D eigenvalue weighted by Crippen LogP contribution is -2.00. The Morgan fingerprint density at radius 3 is 2.00 bits per heavy atom. The summed E-state index contributed by atoms with van der Waals surface area (Å²) in [4.78, 5) is 11.0. The van der Waals surface area contributed by atoms with E-state index in [1.165, 1.54) is 32.1 Å². The number of hydrogen-bond acceptors (Lipinski definition) is 1. The van der Waals surface area contributed by atoms with Crippen molar-refractivity contribution in [1.29, 1.82) is 0 Å². The van der Waals surface area contributed by atoms with Crippen LogP contribution in [0.1, 0.15) is 78.1 Å². The van der Waals surface area contributed by atoms with Crippen LogP contribution >= 0.6 is 0 Å². The predicted octanol–water partition coefficient (Wildman–Crippen LogP) is 4.02. The fourth-order valence-corrected chi connectivity index (χ4v) is 1.89. The highest BCUT2D eigenvalue weighted by molar-refractivity contribution is 5.86. The number of carbonyl (C=O) groups is 1. The summed E-state index contributed by atoms with van der Waals surface area (Å²) in [5, 5.41) is 9.06. The van der Waals surface area contributed by atoms with E-state index in [0.29, 0.717) is 5.57 Å². The van der Waals surface area contributed by atoms with Gasteiger partial charge in [-0.05, 0) is 25.7 Å². The number of allylic oxidation sites excluding steroid dienone is 1. The minimum Gasteiger partial charge on any atom is -0.478 e. The molecule has 0 aromatic heterocycles. The molecule has 0 fully saturated rings. The minimum atomic E-state index is -0.725. The zero-order valence-corrected chi connectivity index (χ0v) is 11.5. The number of aliphatic carboxylic acids is 1. The summed E-state index contributed by atoms with van der Waals surface area (Å²) in [6, 6.07) is 0. The van der Waals surface area contributed by atoms with Crippen LogP contribution in [0.4, 0.5) is 0 Å². The van der Waals surface area contributed by atoms with Crippen LogP contribution in [0.25, 0.3) is 0 Å². The lowest BCUT2D eigenvalue weighted by molar-refractivity contribution is -0.132.